The summed E-state index contributed by atoms with van der Waals surface area (Å²) < 4.78 is 24.6. The molecule has 0 amide bonds. The number of rotatable bonds is 5. The standard InChI is InChI=1S/C22H24O6Se/c1-13(23)26-20-19-18(16(24)22(25-2)28-19)27-17(14-9-5-3-6-10-14)21(20)29-15-11-7-4-8-12-15/h3-12,16-22,24H,1-2H3/t16-,17-,18+,19+,20+,21-,22-/m1/s1. The van der Waals surface area contributed by atoms with E-state index in [-0.39, 0.29) is 31.8 Å². The number of ether oxygens (including phenoxy) is 4. The van der Waals surface area contributed by atoms with Crippen molar-refractivity contribution in [3.05, 3.63) is 66.2 Å². The van der Waals surface area contributed by atoms with E-state index in [1.165, 1.54) is 18.5 Å². The van der Waals surface area contributed by atoms with Crippen molar-refractivity contribution in [3.63, 3.8) is 0 Å². The van der Waals surface area contributed by atoms with Gasteiger partial charge < -0.3 is 0 Å². The minimum atomic E-state index is -0.959. The van der Waals surface area contributed by atoms with E-state index in [0.717, 1.165) is 5.56 Å². The zero-order valence-corrected chi connectivity index (χ0v) is 17.9. The Morgan fingerprint density at radius 3 is 2.28 bits per heavy atom. The van der Waals surface area contributed by atoms with E-state index in [1.54, 1.807) is 0 Å². The maximum atomic E-state index is 12.0. The number of carbonyl (C=O) groups excluding carboxylic acids is 1. The number of carbonyl (C=O) groups is 1. The van der Waals surface area contributed by atoms with Crippen molar-refractivity contribution >= 4 is 25.4 Å². The Labute approximate surface area is 176 Å². The quantitative estimate of drug-likeness (QED) is 0.537. The number of hydrogen-bond acceptors (Lipinski definition) is 6. The molecule has 0 aromatic heterocycles. The van der Waals surface area contributed by atoms with Gasteiger partial charge in [-0.15, -0.1) is 0 Å². The van der Waals surface area contributed by atoms with Crippen molar-refractivity contribution in [3.8, 4) is 0 Å². The Morgan fingerprint density at radius 1 is 1.00 bits per heavy atom. The van der Waals surface area contributed by atoms with Crippen LogP contribution >= 0.6 is 0 Å². The summed E-state index contributed by atoms with van der Waals surface area (Å²) in [6, 6.07) is 20.0. The SMILES string of the molecule is CO[C@@H]1O[C@H]2[C@@H](O[C@H](c3ccccc3)[C@@H]([Se]c3ccccc3)[C@H]2OC(C)=O)[C@H]1O. The number of benzene rings is 2. The van der Waals surface area contributed by atoms with Crippen LogP contribution in [0.25, 0.3) is 0 Å². The first-order chi connectivity index (χ1) is 14.1. The van der Waals surface area contributed by atoms with Gasteiger partial charge in [-0.3, -0.25) is 0 Å². The summed E-state index contributed by atoms with van der Waals surface area (Å²) in [6.07, 6.45) is -3.89. The van der Waals surface area contributed by atoms with E-state index in [2.05, 4.69) is 12.1 Å². The predicted octanol–water partition coefficient (Wildman–Crippen LogP) is 1.61. The first-order valence-electron chi connectivity index (χ1n) is 9.54. The molecule has 0 aliphatic carbocycles. The molecule has 0 saturated carbocycles. The second kappa shape index (κ2) is 8.96. The molecule has 6 nitrogen and oxygen atoms in total. The molecule has 2 heterocycles. The van der Waals surface area contributed by atoms with Gasteiger partial charge in [-0.25, -0.2) is 0 Å². The molecule has 29 heavy (non-hydrogen) atoms. The van der Waals surface area contributed by atoms with Crippen molar-refractivity contribution in [1.82, 2.24) is 0 Å². The Morgan fingerprint density at radius 2 is 1.66 bits per heavy atom. The molecule has 2 saturated heterocycles. The van der Waals surface area contributed by atoms with Crippen LogP contribution in [-0.2, 0) is 23.7 Å². The van der Waals surface area contributed by atoms with Crippen molar-refractivity contribution in [2.75, 3.05) is 7.11 Å². The monoisotopic (exact) mass is 464 g/mol. The third kappa shape index (κ3) is 4.26. The molecule has 0 radical (unpaired) electrons. The summed E-state index contributed by atoms with van der Waals surface area (Å²) >= 11 is -0.0632. The van der Waals surface area contributed by atoms with Crippen LogP contribution in [0, 0.1) is 0 Å². The van der Waals surface area contributed by atoms with Crippen molar-refractivity contribution < 1.29 is 28.8 Å². The first-order valence-corrected chi connectivity index (χ1v) is 11.4. The minimum absolute atomic E-state index is 0.0632. The summed E-state index contributed by atoms with van der Waals surface area (Å²) in [6.45, 7) is 1.40. The van der Waals surface area contributed by atoms with Crippen LogP contribution in [0.5, 0.6) is 0 Å². The zero-order valence-electron chi connectivity index (χ0n) is 16.2. The molecule has 4 rings (SSSR count). The molecule has 2 aromatic carbocycles. The first kappa shape index (κ1) is 20.5. The van der Waals surface area contributed by atoms with Gasteiger partial charge in [0, 0.05) is 0 Å². The van der Waals surface area contributed by atoms with Gasteiger partial charge in [-0.2, -0.15) is 0 Å². The molecular formula is C22H24O6Se. The number of aliphatic hydroxyl groups excluding tert-OH is 1. The Balaban J connectivity index is 1.74. The molecule has 2 aliphatic rings. The van der Waals surface area contributed by atoms with Crippen molar-refractivity contribution in [2.45, 2.75) is 48.5 Å². The molecule has 2 aliphatic heterocycles. The van der Waals surface area contributed by atoms with Gasteiger partial charge in [0.05, 0.1) is 0 Å². The molecule has 154 valence electrons. The fourth-order valence-corrected chi connectivity index (χ4v) is 6.67. The van der Waals surface area contributed by atoms with E-state index in [4.69, 9.17) is 18.9 Å². The zero-order chi connectivity index (χ0) is 20.4. The number of fused-ring (bicyclic) bond motifs is 1. The molecular weight excluding hydrogens is 439 g/mol. The fraction of sp³-hybridized carbons (Fsp3) is 0.409. The van der Waals surface area contributed by atoms with Gasteiger partial charge in [0.2, 0.25) is 0 Å². The molecule has 2 fully saturated rings. The van der Waals surface area contributed by atoms with Crippen LogP contribution in [0.3, 0.4) is 0 Å². The Hall–Kier alpha value is -1.73. The predicted molar refractivity (Wildman–Crippen MR) is 107 cm³/mol. The molecule has 1 N–H and O–H groups in total. The van der Waals surface area contributed by atoms with Gasteiger partial charge in [0.1, 0.15) is 0 Å². The summed E-state index contributed by atoms with van der Waals surface area (Å²) in [4.78, 5) is 11.8. The topological polar surface area (TPSA) is 74.2 Å². The van der Waals surface area contributed by atoms with E-state index in [0.29, 0.717) is 0 Å². The van der Waals surface area contributed by atoms with E-state index in [1.807, 2.05) is 48.5 Å². The van der Waals surface area contributed by atoms with Crippen LogP contribution in [0.1, 0.15) is 18.6 Å². The van der Waals surface area contributed by atoms with Crippen molar-refractivity contribution in [1.29, 1.82) is 0 Å². The number of aliphatic hydroxyl groups is 1. The Bertz CT molecular complexity index is 817. The molecule has 7 heteroatoms. The van der Waals surface area contributed by atoms with Gasteiger partial charge >= 0.3 is 176 Å². The Kier molecular flexibility index (Phi) is 6.35. The van der Waals surface area contributed by atoms with E-state index in [9.17, 15) is 9.90 Å². The molecule has 0 bridgehead atoms. The second-order valence-corrected chi connectivity index (χ2v) is 9.72. The normalized spacial score (nSPS) is 33.8. The van der Waals surface area contributed by atoms with Crippen LogP contribution < -0.4 is 4.46 Å². The summed E-state index contributed by atoms with van der Waals surface area (Å²) in [5.41, 5.74) is 0.985. The molecule has 0 spiro atoms. The van der Waals surface area contributed by atoms with Crippen LogP contribution in [0.15, 0.2) is 60.7 Å². The fourth-order valence-electron chi connectivity index (χ4n) is 3.91. The van der Waals surface area contributed by atoms with E-state index < -0.39 is 30.7 Å². The second-order valence-electron chi connectivity index (χ2n) is 7.10. The van der Waals surface area contributed by atoms with Crippen molar-refractivity contribution in [2.24, 2.45) is 0 Å². The molecule has 7 atom stereocenters. The van der Waals surface area contributed by atoms with Gasteiger partial charge in [-0.1, -0.05) is 0 Å². The molecule has 0 unspecified atom stereocenters. The third-order valence-corrected chi connectivity index (χ3v) is 7.95. The summed E-state index contributed by atoms with van der Waals surface area (Å²) in [5.74, 6) is -0.379. The average Bonchev–Trinajstić information content (AvgIpc) is 3.06. The van der Waals surface area contributed by atoms with E-state index >= 15 is 0 Å². The third-order valence-electron chi connectivity index (χ3n) is 5.16. The maximum absolute atomic E-state index is 12.0. The van der Waals surface area contributed by atoms with Gasteiger partial charge in [-0.05, 0) is 0 Å². The number of methoxy groups -OCH3 is 1. The van der Waals surface area contributed by atoms with Crippen LogP contribution in [0.2, 0.25) is 4.82 Å². The summed E-state index contributed by atoms with van der Waals surface area (Å²) in [5, 5.41) is 10.7. The summed E-state index contributed by atoms with van der Waals surface area (Å²) in [7, 11) is 1.48. The van der Waals surface area contributed by atoms with Gasteiger partial charge in [0.25, 0.3) is 0 Å². The number of hydrogen-bond donors (Lipinski definition) is 1. The van der Waals surface area contributed by atoms with Crippen LogP contribution in [-0.4, -0.2) is 63.8 Å². The number of esters is 1. The van der Waals surface area contributed by atoms with Gasteiger partial charge in [0.15, 0.2) is 0 Å². The molecule has 2 aromatic rings. The van der Waals surface area contributed by atoms with Crippen LogP contribution in [0.4, 0.5) is 0 Å². The average molecular weight is 463 g/mol.